The number of hydrogen-bond acceptors (Lipinski definition) is 2. The predicted octanol–water partition coefficient (Wildman–Crippen LogP) is 2.96. The zero-order chi connectivity index (χ0) is 12.1. The van der Waals surface area contributed by atoms with Gasteiger partial charge in [0.15, 0.2) is 5.78 Å². The van der Waals surface area contributed by atoms with Crippen molar-refractivity contribution >= 4 is 5.78 Å². The van der Waals surface area contributed by atoms with E-state index in [2.05, 4.69) is 19.9 Å². The summed E-state index contributed by atoms with van der Waals surface area (Å²) in [7, 11) is 0. The monoisotopic (exact) mass is 230 g/mol. The van der Waals surface area contributed by atoms with Gasteiger partial charge in [-0.15, -0.1) is 0 Å². The van der Waals surface area contributed by atoms with Gasteiger partial charge in [-0.25, -0.2) is 0 Å². The molecule has 0 unspecified atom stereocenters. The molecule has 1 saturated carbocycles. The number of ketones is 1. The van der Waals surface area contributed by atoms with E-state index in [4.69, 9.17) is 4.74 Å². The van der Waals surface area contributed by atoms with E-state index in [9.17, 15) is 4.79 Å². The van der Waals surface area contributed by atoms with Crippen LogP contribution < -0.4 is 0 Å². The molecule has 0 N–H and O–H groups in total. The molecule has 1 spiro atoms. The Bertz CT molecular complexity index is 469. The molecule has 0 radical (unpaired) electrons. The number of hydrogen-bond donors (Lipinski definition) is 0. The Labute approximate surface area is 102 Å². The second-order valence-corrected chi connectivity index (χ2v) is 5.69. The molecule has 1 heterocycles. The molecular weight excluding hydrogens is 212 g/mol. The lowest BCUT2D eigenvalue weighted by atomic mass is 9.59. The zero-order valence-electron chi connectivity index (χ0n) is 10.5. The molecule has 0 aromatic carbocycles. The summed E-state index contributed by atoms with van der Waals surface area (Å²) in [4.78, 5) is 11.5. The lowest BCUT2D eigenvalue weighted by Crippen LogP contribution is -2.53. The maximum absolute atomic E-state index is 11.5. The maximum Gasteiger partial charge on any atom is 0.178 e. The van der Waals surface area contributed by atoms with Crippen LogP contribution >= 0.6 is 0 Å². The summed E-state index contributed by atoms with van der Waals surface area (Å²) < 4.78 is 6.16. The standard InChI is InChI=1S/C15H18O2/c1-11-9-14(2)6-3-4-12-8-13(16)5-7-15(12,14)17-10-11/h5,7-9H,3-4,6,10H2,1-2H3/t14-,15-/m1/s1. The molecule has 90 valence electrons. The third kappa shape index (κ3) is 1.40. The van der Waals surface area contributed by atoms with Crippen LogP contribution in [0.1, 0.15) is 33.1 Å². The Balaban J connectivity index is 2.15. The molecule has 0 bridgehead atoms. The first-order valence-electron chi connectivity index (χ1n) is 6.32. The van der Waals surface area contributed by atoms with Gasteiger partial charge in [0.1, 0.15) is 5.60 Å². The molecule has 3 rings (SSSR count). The van der Waals surface area contributed by atoms with Crippen LogP contribution in [0.15, 0.2) is 35.5 Å². The van der Waals surface area contributed by atoms with E-state index in [0.717, 1.165) is 19.3 Å². The number of ether oxygens (including phenoxy) is 1. The van der Waals surface area contributed by atoms with Crippen molar-refractivity contribution in [1.29, 1.82) is 0 Å². The highest BCUT2D eigenvalue weighted by molar-refractivity contribution is 6.01. The molecule has 0 amide bonds. The molecule has 0 saturated heterocycles. The summed E-state index contributed by atoms with van der Waals surface area (Å²) in [5, 5.41) is 0. The van der Waals surface area contributed by atoms with Crippen molar-refractivity contribution in [3.8, 4) is 0 Å². The first kappa shape index (κ1) is 11.0. The topological polar surface area (TPSA) is 26.3 Å². The maximum atomic E-state index is 11.5. The van der Waals surface area contributed by atoms with Crippen LogP contribution in [0, 0.1) is 5.41 Å². The largest absolute Gasteiger partial charge is 0.361 e. The van der Waals surface area contributed by atoms with Crippen LogP contribution in [0.25, 0.3) is 0 Å². The molecule has 0 aromatic heterocycles. The first-order chi connectivity index (χ1) is 8.06. The van der Waals surface area contributed by atoms with Crippen LogP contribution in [-0.4, -0.2) is 18.0 Å². The van der Waals surface area contributed by atoms with Gasteiger partial charge in [-0.2, -0.15) is 0 Å². The minimum absolute atomic E-state index is 0.0105. The fraction of sp³-hybridized carbons (Fsp3) is 0.533. The zero-order valence-corrected chi connectivity index (χ0v) is 10.5. The Morgan fingerprint density at radius 2 is 2.24 bits per heavy atom. The Hall–Kier alpha value is -1.15. The summed E-state index contributed by atoms with van der Waals surface area (Å²) in [5.74, 6) is 0.102. The average molecular weight is 230 g/mol. The van der Waals surface area contributed by atoms with Gasteiger partial charge in [-0.3, -0.25) is 4.79 Å². The van der Waals surface area contributed by atoms with Gasteiger partial charge < -0.3 is 4.74 Å². The Morgan fingerprint density at radius 1 is 1.41 bits per heavy atom. The van der Waals surface area contributed by atoms with E-state index in [0.29, 0.717) is 6.61 Å². The predicted molar refractivity (Wildman–Crippen MR) is 66.6 cm³/mol. The van der Waals surface area contributed by atoms with Crippen LogP contribution in [0.4, 0.5) is 0 Å². The molecule has 1 aliphatic heterocycles. The molecule has 0 aromatic rings. The third-order valence-electron chi connectivity index (χ3n) is 4.36. The van der Waals surface area contributed by atoms with Crippen LogP contribution in [-0.2, 0) is 9.53 Å². The lowest BCUT2D eigenvalue weighted by Gasteiger charge is -2.53. The van der Waals surface area contributed by atoms with Gasteiger partial charge in [0.2, 0.25) is 0 Å². The summed E-state index contributed by atoms with van der Waals surface area (Å²) in [5.41, 5.74) is 2.13. The molecule has 2 heteroatoms. The minimum Gasteiger partial charge on any atom is -0.361 e. The van der Waals surface area contributed by atoms with Crippen molar-refractivity contribution in [2.24, 2.45) is 5.41 Å². The first-order valence-corrected chi connectivity index (χ1v) is 6.32. The van der Waals surface area contributed by atoms with Crippen molar-refractivity contribution in [1.82, 2.24) is 0 Å². The molecule has 2 aliphatic carbocycles. The third-order valence-corrected chi connectivity index (χ3v) is 4.36. The molecule has 17 heavy (non-hydrogen) atoms. The van der Waals surface area contributed by atoms with Gasteiger partial charge in [0.05, 0.1) is 6.61 Å². The van der Waals surface area contributed by atoms with E-state index in [1.54, 1.807) is 12.2 Å². The van der Waals surface area contributed by atoms with Gasteiger partial charge in [-0.05, 0) is 50.0 Å². The van der Waals surface area contributed by atoms with E-state index in [1.165, 1.54) is 11.1 Å². The van der Waals surface area contributed by atoms with Gasteiger partial charge in [0, 0.05) is 5.41 Å². The van der Waals surface area contributed by atoms with Crippen molar-refractivity contribution < 1.29 is 9.53 Å². The van der Waals surface area contributed by atoms with Crippen molar-refractivity contribution in [3.05, 3.63) is 35.5 Å². The second-order valence-electron chi connectivity index (χ2n) is 5.69. The van der Waals surface area contributed by atoms with Gasteiger partial charge >= 0.3 is 0 Å². The van der Waals surface area contributed by atoms with Crippen LogP contribution in [0.5, 0.6) is 0 Å². The minimum atomic E-state index is -0.349. The average Bonchev–Trinajstić information content (AvgIpc) is 2.27. The smallest absolute Gasteiger partial charge is 0.178 e. The van der Waals surface area contributed by atoms with Gasteiger partial charge in [-0.1, -0.05) is 18.6 Å². The summed E-state index contributed by atoms with van der Waals surface area (Å²) in [6, 6.07) is 0. The highest BCUT2D eigenvalue weighted by Gasteiger charge is 2.53. The summed E-state index contributed by atoms with van der Waals surface area (Å²) in [6.07, 6.45) is 11.0. The number of carbonyl (C=O) groups is 1. The summed E-state index contributed by atoms with van der Waals surface area (Å²) >= 11 is 0. The van der Waals surface area contributed by atoms with Crippen molar-refractivity contribution in [2.45, 2.75) is 38.7 Å². The van der Waals surface area contributed by atoms with E-state index in [-0.39, 0.29) is 16.8 Å². The second kappa shape index (κ2) is 3.42. The number of allylic oxidation sites excluding steroid dienone is 2. The molecular formula is C15H18O2. The Morgan fingerprint density at radius 3 is 3.06 bits per heavy atom. The van der Waals surface area contributed by atoms with E-state index >= 15 is 0 Å². The Kier molecular flexibility index (Phi) is 2.21. The number of rotatable bonds is 0. The van der Waals surface area contributed by atoms with E-state index in [1.807, 2.05) is 6.08 Å². The summed E-state index contributed by atoms with van der Waals surface area (Å²) in [6.45, 7) is 5.04. The fourth-order valence-electron chi connectivity index (χ4n) is 3.58. The highest BCUT2D eigenvalue weighted by Crippen LogP contribution is 2.54. The van der Waals surface area contributed by atoms with E-state index < -0.39 is 0 Å². The number of carbonyl (C=O) groups excluding carboxylic acids is 1. The lowest BCUT2D eigenvalue weighted by molar-refractivity contribution is -0.112. The highest BCUT2D eigenvalue weighted by atomic mass is 16.5. The fourth-order valence-corrected chi connectivity index (χ4v) is 3.58. The SMILES string of the molecule is CC1=C[C@@]2(C)CCCC3=CC(=O)C=C[C@@]32OC1. The molecule has 2 nitrogen and oxygen atoms in total. The molecule has 2 atom stereocenters. The molecule has 3 aliphatic rings. The van der Waals surface area contributed by atoms with Crippen LogP contribution in [0.2, 0.25) is 0 Å². The quantitative estimate of drug-likeness (QED) is 0.598. The molecule has 1 fully saturated rings. The van der Waals surface area contributed by atoms with Gasteiger partial charge in [0.25, 0.3) is 0 Å². The van der Waals surface area contributed by atoms with Crippen molar-refractivity contribution in [2.75, 3.05) is 6.61 Å². The van der Waals surface area contributed by atoms with Crippen LogP contribution in [0.3, 0.4) is 0 Å². The normalized spacial score (nSPS) is 40.2. The van der Waals surface area contributed by atoms with Crippen molar-refractivity contribution in [3.63, 3.8) is 0 Å².